The highest BCUT2D eigenvalue weighted by Gasteiger charge is 2.05. The summed E-state index contributed by atoms with van der Waals surface area (Å²) >= 11 is 5.93. The lowest BCUT2D eigenvalue weighted by Gasteiger charge is -2.03. The fraction of sp³-hybridized carbons (Fsp3) is 0.167. The molecule has 0 fully saturated rings. The van der Waals surface area contributed by atoms with Gasteiger partial charge in [-0.15, -0.1) is 0 Å². The number of carbonyl (C=O) groups is 1. The maximum absolute atomic E-state index is 11.3. The molecule has 1 aromatic heterocycles. The molecule has 1 heterocycles. The van der Waals surface area contributed by atoms with Gasteiger partial charge in [-0.1, -0.05) is 23.7 Å². The van der Waals surface area contributed by atoms with Crippen LogP contribution >= 0.6 is 11.6 Å². The highest BCUT2D eigenvalue weighted by molar-refractivity contribution is 6.31. The number of aryl methyl sites for hydroxylation is 1. The maximum atomic E-state index is 11.3. The summed E-state index contributed by atoms with van der Waals surface area (Å²) in [5.74, 6) is 4.75. The average Bonchev–Trinajstić information content (AvgIpc) is 2.68. The van der Waals surface area contributed by atoms with Crippen molar-refractivity contribution in [1.29, 1.82) is 0 Å². The van der Waals surface area contributed by atoms with Gasteiger partial charge in [0, 0.05) is 11.8 Å². The van der Waals surface area contributed by atoms with Gasteiger partial charge in [0.1, 0.15) is 0 Å². The number of nitrogen functional groups attached to an aromatic ring is 1. The smallest absolute Gasteiger partial charge is 0.265 e. The molecule has 0 aliphatic heterocycles. The van der Waals surface area contributed by atoms with Gasteiger partial charge >= 0.3 is 0 Å². The molecule has 0 saturated carbocycles. The van der Waals surface area contributed by atoms with Crippen molar-refractivity contribution in [3.8, 4) is 0 Å². The molecule has 0 aliphatic carbocycles. The van der Waals surface area contributed by atoms with E-state index in [1.54, 1.807) is 23.0 Å². The molecule has 0 atom stereocenters. The van der Waals surface area contributed by atoms with Crippen molar-refractivity contribution in [3.63, 3.8) is 0 Å². The van der Waals surface area contributed by atoms with Gasteiger partial charge < -0.3 is 0 Å². The van der Waals surface area contributed by atoms with Crippen molar-refractivity contribution < 1.29 is 4.79 Å². The summed E-state index contributed by atoms with van der Waals surface area (Å²) < 4.78 is 1.76. The van der Waals surface area contributed by atoms with E-state index < -0.39 is 0 Å². The lowest BCUT2D eigenvalue weighted by molar-refractivity contribution is 0.0953. The van der Waals surface area contributed by atoms with Crippen molar-refractivity contribution in [2.24, 2.45) is 5.84 Å². The first-order valence-corrected chi connectivity index (χ1v) is 5.77. The fourth-order valence-corrected chi connectivity index (χ4v) is 1.76. The van der Waals surface area contributed by atoms with Gasteiger partial charge in [-0.25, -0.2) is 5.84 Å². The third-order valence-corrected chi connectivity index (χ3v) is 2.95. The van der Waals surface area contributed by atoms with Crippen LogP contribution in [0.4, 0.5) is 0 Å². The monoisotopic (exact) mass is 264 g/mol. The number of carbonyl (C=O) groups excluding carboxylic acids is 1. The number of aromatic nitrogens is 2. The van der Waals surface area contributed by atoms with E-state index in [2.05, 4.69) is 10.5 Å². The van der Waals surface area contributed by atoms with Gasteiger partial charge in [-0.3, -0.25) is 14.9 Å². The van der Waals surface area contributed by atoms with Gasteiger partial charge in [0.15, 0.2) is 0 Å². The third-order valence-electron chi connectivity index (χ3n) is 2.58. The van der Waals surface area contributed by atoms with E-state index in [1.165, 1.54) is 0 Å². The number of nitrogens with one attached hydrogen (secondary N) is 1. The zero-order chi connectivity index (χ0) is 13.1. The summed E-state index contributed by atoms with van der Waals surface area (Å²) in [6.07, 6.45) is 1.78. The van der Waals surface area contributed by atoms with Gasteiger partial charge in [0.2, 0.25) is 0 Å². The first-order valence-electron chi connectivity index (χ1n) is 5.39. The molecule has 3 N–H and O–H groups in total. The zero-order valence-corrected chi connectivity index (χ0v) is 10.6. The molecule has 0 aliphatic rings. The summed E-state index contributed by atoms with van der Waals surface area (Å²) in [5.41, 5.74) is 4.44. The predicted molar refractivity (Wildman–Crippen MR) is 69.2 cm³/mol. The Morgan fingerprint density at radius 1 is 1.44 bits per heavy atom. The molecule has 0 spiro atoms. The highest BCUT2D eigenvalue weighted by atomic mass is 35.5. The van der Waals surface area contributed by atoms with Crippen LogP contribution in [-0.4, -0.2) is 15.7 Å². The van der Waals surface area contributed by atoms with Gasteiger partial charge in [0.05, 0.1) is 17.3 Å². The molecule has 0 bridgehead atoms. The lowest BCUT2D eigenvalue weighted by Crippen LogP contribution is -2.29. The summed E-state index contributed by atoms with van der Waals surface area (Å²) in [6.45, 7) is 2.46. The normalized spacial score (nSPS) is 10.4. The molecule has 1 amide bonds. The Morgan fingerprint density at radius 3 is 2.61 bits per heavy atom. The minimum atomic E-state index is -0.306. The molecule has 0 saturated heterocycles. The number of amides is 1. The van der Waals surface area contributed by atoms with Gasteiger partial charge in [-0.05, 0) is 24.6 Å². The van der Waals surface area contributed by atoms with E-state index in [4.69, 9.17) is 17.4 Å². The minimum absolute atomic E-state index is 0.306. The molecule has 18 heavy (non-hydrogen) atoms. The molecule has 94 valence electrons. The van der Waals surface area contributed by atoms with E-state index >= 15 is 0 Å². The van der Waals surface area contributed by atoms with E-state index in [-0.39, 0.29) is 5.91 Å². The molecule has 6 heteroatoms. The Morgan fingerprint density at radius 2 is 2.11 bits per heavy atom. The maximum Gasteiger partial charge on any atom is 0.265 e. The molecule has 0 radical (unpaired) electrons. The second-order valence-corrected chi connectivity index (χ2v) is 4.34. The van der Waals surface area contributed by atoms with Crippen LogP contribution in [0, 0.1) is 6.92 Å². The van der Waals surface area contributed by atoms with Gasteiger partial charge in [-0.2, -0.15) is 5.10 Å². The Bertz CT molecular complexity index is 542. The quantitative estimate of drug-likeness (QED) is 0.501. The number of hydrogen-bond donors (Lipinski definition) is 2. The van der Waals surface area contributed by atoms with Crippen LogP contribution in [0.3, 0.4) is 0 Å². The molecular weight excluding hydrogens is 252 g/mol. The van der Waals surface area contributed by atoms with Crippen LogP contribution in [0.5, 0.6) is 0 Å². The molecule has 1 aromatic carbocycles. The topological polar surface area (TPSA) is 72.9 Å². The van der Waals surface area contributed by atoms with E-state index in [0.29, 0.717) is 17.1 Å². The summed E-state index contributed by atoms with van der Waals surface area (Å²) in [7, 11) is 0. The fourth-order valence-electron chi connectivity index (χ4n) is 1.61. The second-order valence-electron chi connectivity index (χ2n) is 3.93. The number of rotatable bonds is 3. The number of benzene rings is 1. The molecule has 5 nitrogen and oxygen atoms in total. The molecule has 0 unspecified atom stereocenters. The molecule has 2 rings (SSSR count). The first kappa shape index (κ1) is 12.6. The van der Waals surface area contributed by atoms with E-state index in [1.807, 2.05) is 19.1 Å². The van der Waals surface area contributed by atoms with Crippen molar-refractivity contribution >= 4 is 17.5 Å². The number of hydrogen-bond acceptors (Lipinski definition) is 3. The van der Waals surface area contributed by atoms with Gasteiger partial charge in [0.25, 0.3) is 5.91 Å². The van der Waals surface area contributed by atoms with Crippen LogP contribution in [0.25, 0.3) is 0 Å². The van der Waals surface area contributed by atoms with Crippen LogP contribution < -0.4 is 11.3 Å². The Kier molecular flexibility index (Phi) is 3.64. The van der Waals surface area contributed by atoms with Crippen molar-refractivity contribution in [2.45, 2.75) is 13.5 Å². The third kappa shape index (κ3) is 2.69. The van der Waals surface area contributed by atoms with Crippen molar-refractivity contribution in [3.05, 3.63) is 52.3 Å². The van der Waals surface area contributed by atoms with E-state index in [0.717, 1.165) is 11.3 Å². The predicted octanol–water partition coefficient (Wildman–Crippen LogP) is 1.50. The van der Waals surface area contributed by atoms with E-state index in [9.17, 15) is 4.79 Å². The Labute approximate surface area is 110 Å². The van der Waals surface area contributed by atoms with Crippen LogP contribution in [0.2, 0.25) is 5.02 Å². The van der Waals surface area contributed by atoms with Crippen molar-refractivity contribution in [1.82, 2.24) is 15.2 Å². The summed E-state index contributed by atoms with van der Waals surface area (Å²) in [5, 5.41) is 4.91. The number of halogens is 1. The standard InChI is InChI=1S/C12H13ClN4O/c1-8-11(13)7-17(16-8)6-9-2-4-10(5-3-9)12(18)15-14/h2-5,7H,6,14H2,1H3,(H,15,18). The largest absolute Gasteiger partial charge is 0.290 e. The van der Waals surface area contributed by atoms with Crippen LogP contribution in [-0.2, 0) is 6.54 Å². The number of hydrazine groups is 1. The average molecular weight is 265 g/mol. The van der Waals surface area contributed by atoms with Crippen molar-refractivity contribution in [2.75, 3.05) is 0 Å². The van der Waals surface area contributed by atoms with Crippen LogP contribution in [0.15, 0.2) is 30.5 Å². The lowest BCUT2D eigenvalue weighted by atomic mass is 10.1. The summed E-state index contributed by atoms with van der Waals surface area (Å²) in [6, 6.07) is 7.15. The summed E-state index contributed by atoms with van der Waals surface area (Å²) in [4.78, 5) is 11.3. The Balaban J connectivity index is 2.13. The first-order chi connectivity index (χ1) is 8.60. The van der Waals surface area contributed by atoms with Crippen LogP contribution in [0.1, 0.15) is 21.6 Å². The number of nitrogens with two attached hydrogens (primary N) is 1. The highest BCUT2D eigenvalue weighted by Crippen LogP contribution is 2.13. The zero-order valence-electron chi connectivity index (χ0n) is 9.85. The minimum Gasteiger partial charge on any atom is -0.290 e. The second kappa shape index (κ2) is 5.20. The number of nitrogens with zero attached hydrogens (tertiary/aromatic N) is 2. The molecule has 2 aromatic rings. The Hall–Kier alpha value is -1.85. The molecular formula is C12H13ClN4O. The SMILES string of the molecule is Cc1nn(Cc2ccc(C(=O)NN)cc2)cc1Cl.